The number of benzene rings is 1. The van der Waals surface area contributed by atoms with Crippen LogP contribution in [0, 0.1) is 10.1 Å². The number of hydrogen-bond acceptors (Lipinski definition) is 5. The van der Waals surface area contributed by atoms with Gasteiger partial charge in [-0.1, -0.05) is 6.07 Å². The molecule has 0 aromatic heterocycles. The summed E-state index contributed by atoms with van der Waals surface area (Å²) in [6.07, 6.45) is 2.06. The highest BCUT2D eigenvalue weighted by molar-refractivity contribution is 7.98. The van der Waals surface area contributed by atoms with Gasteiger partial charge in [0.1, 0.15) is 0 Å². The van der Waals surface area contributed by atoms with E-state index in [1.807, 2.05) is 7.05 Å². The van der Waals surface area contributed by atoms with Gasteiger partial charge in [-0.3, -0.25) is 15.0 Å². The molecule has 1 rings (SSSR count). The van der Waals surface area contributed by atoms with Crippen LogP contribution in [0.4, 0.5) is 5.69 Å². The first-order valence-electron chi connectivity index (χ1n) is 5.61. The molecule has 0 heterocycles. The molecule has 0 saturated heterocycles. The number of phenols is 1. The number of aromatic hydroxyl groups is 1. The maximum atomic E-state index is 10.6. The molecule has 0 unspecified atom stereocenters. The van der Waals surface area contributed by atoms with E-state index in [2.05, 4.69) is 18.1 Å². The first-order valence-corrected chi connectivity index (χ1v) is 7.00. The van der Waals surface area contributed by atoms with Crippen LogP contribution in [0.3, 0.4) is 0 Å². The zero-order valence-electron chi connectivity index (χ0n) is 10.8. The molecule has 0 spiro atoms. The number of hydrogen-bond donors (Lipinski definition) is 1. The minimum Gasteiger partial charge on any atom is -0.502 e. The zero-order valence-corrected chi connectivity index (χ0v) is 11.6. The van der Waals surface area contributed by atoms with Crippen molar-refractivity contribution >= 4 is 17.4 Å². The van der Waals surface area contributed by atoms with E-state index in [-0.39, 0.29) is 11.4 Å². The fraction of sp³-hybridized carbons (Fsp3) is 0.500. The molecule has 5 nitrogen and oxygen atoms in total. The van der Waals surface area contributed by atoms with Gasteiger partial charge in [0.05, 0.1) is 4.92 Å². The molecule has 0 aliphatic heterocycles. The van der Waals surface area contributed by atoms with Crippen LogP contribution < -0.4 is 0 Å². The summed E-state index contributed by atoms with van der Waals surface area (Å²) < 4.78 is 0. The SMILES string of the molecule is CSC[C@@H](C)N(C)Cc1ccc([N+](=O)[O-])c(O)c1. The predicted molar refractivity (Wildman–Crippen MR) is 74.1 cm³/mol. The standard InChI is InChI=1S/C12H18N2O3S/c1-9(8-18-3)13(2)7-10-4-5-11(14(16)17)12(15)6-10/h4-6,9,15H,7-8H2,1-3H3/t9-/m1/s1. The Balaban J connectivity index is 2.74. The molecule has 0 bridgehead atoms. The van der Waals surface area contributed by atoms with Crippen LogP contribution >= 0.6 is 11.8 Å². The average Bonchev–Trinajstić information content (AvgIpc) is 2.28. The van der Waals surface area contributed by atoms with Crippen molar-refractivity contribution in [1.29, 1.82) is 0 Å². The lowest BCUT2D eigenvalue weighted by molar-refractivity contribution is -0.385. The quantitative estimate of drug-likeness (QED) is 0.635. The Morgan fingerprint density at radius 3 is 2.72 bits per heavy atom. The van der Waals surface area contributed by atoms with Crippen LogP contribution in [0.15, 0.2) is 18.2 Å². The van der Waals surface area contributed by atoms with Crippen molar-refractivity contribution in [2.24, 2.45) is 0 Å². The summed E-state index contributed by atoms with van der Waals surface area (Å²) in [6.45, 7) is 2.79. The lowest BCUT2D eigenvalue weighted by Gasteiger charge is -2.24. The molecule has 6 heteroatoms. The molecule has 0 amide bonds. The summed E-state index contributed by atoms with van der Waals surface area (Å²) in [5.41, 5.74) is 0.618. The van der Waals surface area contributed by atoms with Crippen LogP contribution in [-0.2, 0) is 6.54 Å². The number of thioether (sulfide) groups is 1. The second kappa shape index (κ2) is 6.61. The van der Waals surface area contributed by atoms with Crippen molar-refractivity contribution < 1.29 is 10.0 Å². The highest BCUT2D eigenvalue weighted by Crippen LogP contribution is 2.26. The summed E-state index contributed by atoms with van der Waals surface area (Å²) in [6, 6.07) is 4.90. The van der Waals surface area contributed by atoms with Crippen LogP contribution in [-0.4, -0.2) is 40.0 Å². The molecular formula is C12H18N2O3S. The molecule has 0 saturated carbocycles. The number of phenolic OH excluding ortho intramolecular Hbond substituents is 1. The van der Waals surface area contributed by atoms with Gasteiger partial charge < -0.3 is 5.11 Å². The van der Waals surface area contributed by atoms with E-state index >= 15 is 0 Å². The van der Waals surface area contributed by atoms with Gasteiger partial charge in [0.25, 0.3) is 0 Å². The van der Waals surface area contributed by atoms with Gasteiger partial charge >= 0.3 is 5.69 Å². The van der Waals surface area contributed by atoms with E-state index in [9.17, 15) is 15.2 Å². The Labute approximate surface area is 111 Å². The largest absolute Gasteiger partial charge is 0.502 e. The maximum absolute atomic E-state index is 10.6. The maximum Gasteiger partial charge on any atom is 0.310 e. The molecule has 1 aromatic carbocycles. The monoisotopic (exact) mass is 270 g/mol. The summed E-state index contributed by atoms with van der Waals surface area (Å²) in [7, 11) is 2.00. The Bertz CT molecular complexity index is 426. The third-order valence-corrected chi connectivity index (χ3v) is 3.64. The Morgan fingerprint density at radius 2 is 2.22 bits per heavy atom. The molecular weight excluding hydrogens is 252 g/mol. The van der Waals surface area contributed by atoms with Crippen LogP contribution in [0.25, 0.3) is 0 Å². The molecule has 0 fully saturated rings. The van der Waals surface area contributed by atoms with Gasteiger partial charge in [-0.25, -0.2) is 0 Å². The average molecular weight is 270 g/mol. The lowest BCUT2D eigenvalue weighted by atomic mass is 10.1. The Hall–Kier alpha value is -1.27. The van der Waals surface area contributed by atoms with E-state index in [4.69, 9.17) is 0 Å². The fourth-order valence-electron chi connectivity index (χ4n) is 1.63. The molecule has 0 aliphatic carbocycles. The first-order chi connectivity index (χ1) is 8.45. The second-order valence-corrected chi connectivity index (χ2v) is 5.21. The molecule has 18 heavy (non-hydrogen) atoms. The number of rotatable bonds is 6. The third kappa shape index (κ3) is 3.89. The molecule has 0 radical (unpaired) electrons. The highest BCUT2D eigenvalue weighted by atomic mass is 32.2. The Kier molecular flexibility index (Phi) is 5.43. The van der Waals surface area contributed by atoms with Gasteiger partial charge in [-0.05, 0) is 31.9 Å². The van der Waals surface area contributed by atoms with E-state index < -0.39 is 4.92 Å². The van der Waals surface area contributed by atoms with E-state index in [0.29, 0.717) is 12.6 Å². The van der Waals surface area contributed by atoms with Crippen molar-refractivity contribution in [3.8, 4) is 5.75 Å². The van der Waals surface area contributed by atoms with Crippen LogP contribution in [0.2, 0.25) is 0 Å². The van der Waals surface area contributed by atoms with E-state index in [0.717, 1.165) is 11.3 Å². The van der Waals surface area contributed by atoms with Gasteiger partial charge in [-0.15, -0.1) is 0 Å². The van der Waals surface area contributed by atoms with Crippen LogP contribution in [0.1, 0.15) is 12.5 Å². The second-order valence-electron chi connectivity index (χ2n) is 4.30. The van der Waals surface area contributed by atoms with Gasteiger partial charge in [0.15, 0.2) is 5.75 Å². The molecule has 1 atom stereocenters. The van der Waals surface area contributed by atoms with Crippen molar-refractivity contribution in [1.82, 2.24) is 4.90 Å². The van der Waals surface area contributed by atoms with Crippen molar-refractivity contribution in [2.45, 2.75) is 19.5 Å². The minimum atomic E-state index is -0.584. The smallest absolute Gasteiger partial charge is 0.310 e. The van der Waals surface area contributed by atoms with E-state index in [1.54, 1.807) is 17.8 Å². The van der Waals surface area contributed by atoms with E-state index in [1.165, 1.54) is 12.1 Å². The zero-order chi connectivity index (χ0) is 13.7. The predicted octanol–water partition coefficient (Wildman–Crippen LogP) is 2.48. The van der Waals surface area contributed by atoms with Crippen LogP contribution in [0.5, 0.6) is 5.75 Å². The normalized spacial score (nSPS) is 12.7. The van der Waals surface area contributed by atoms with Crippen molar-refractivity contribution in [2.75, 3.05) is 19.1 Å². The molecule has 1 N–H and O–H groups in total. The number of nitrogens with zero attached hydrogens (tertiary/aromatic N) is 2. The van der Waals surface area contributed by atoms with Crippen molar-refractivity contribution in [3.05, 3.63) is 33.9 Å². The summed E-state index contributed by atoms with van der Waals surface area (Å²) in [4.78, 5) is 12.1. The Morgan fingerprint density at radius 1 is 1.56 bits per heavy atom. The van der Waals surface area contributed by atoms with Gasteiger partial charge in [0, 0.05) is 24.4 Å². The third-order valence-electron chi connectivity index (χ3n) is 2.83. The summed E-state index contributed by atoms with van der Waals surface area (Å²) >= 11 is 1.78. The lowest BCUT2D eigenvalue weighted by Crippen LogP contribution is -2.30. The fourth-order valence-corrected chi connectivity index (χ4v) is 2.37. The summed E-state index contributed by atoms with van der Waals surface area (Å²) in [5.74, 6) is 0.749. The number of nitro benzene ring substituents is 1. The van der Waals surface area contributed by atoms with Gasteiger partial charge in [-0.2, -0.15) is 11.8 Å². The molecule has 1 aromatic rings. The number of nitro groups is 1. The first kappa shape index (κ1) is 14.8. The molecule has 100 valence electrons. The minimum absolute atomic E-state index is 0.251. The highest BCUT2D eigenvalue weighted by Gasteiger charge is 2.15. The molecule has 0 aliphatic rings. The topological polar surface area (TPSA) is 66.6 Å². The van der Waals surface area contributed by atoms with Gasteiger partial charge in [0.2, 0.25) is 0 Å². The van der Waals surface area contributed by atoms with Crippen molar-refractivity contribution in [3.63, 3.8) is 0 Å². The summed E-state index contributed by atoms with van der Waals surface area (Å²) in [5, 5.41) is 20.1.